The Balaban J connectivity index is 2.20. The van der Waals surface area contributed by atoms with E-state index >= 15 is 0 Å². The molecule has 0 saturated heterocycles. The number of hydrogen-bond acceptors (Lipinski definition) is 4. The van der Waals surface area contributed by atoms with Gasteiger partial charge >= 0.3 is 0 Å². The number of aldehydes is 1. The van der Waals surface area contributed by atoms with Gasteiger partial charge in [-0.15, -0.1) is 12.3 Å². The van der Waals surface area contributed by atoms with E-state index in [1.807, 2.05) is 42.3 Å². The van der Waals surface area contributed by atoms with Crippen molar-refractivity contribution in [1.29, 1.82) is 0 Å². The van der Waals surface area contributed by atoms with Gasteiger partial charge in [0, 0.05) is 25.1 Å². The summed E-state index contributed by atoms with van der Waals surface area (Å²) < 4.78 is 6.09. The zero-order valence-electron chi connectivity index (χ0n) is 13.7. The number of carbonyl (C=O) groups is 2. The van der Waals surface area contributed by atoms with Gasteiger partial charge in [-0.05, 0) is 42.9 Å². The highest BCUT2D eigenvalue weighted by Gasteiger charge is 2.33. The number of hydrogen-bond donors (Lipinski definition) is 0. The second-order valence-electron chi connectivity index (χ2n) is 5.67. The Bertz CT molecular complexity index is 654. The van der Waals surface area contributed by atoms with E-state index in [9.17, 15) is 9.59 Å². The summed E-state index contributed by atoms with van der Waals surface area (Å²) in [4.78, 5) is 24.7. The third kappa shape index (κ3) is 4.21. The molecule has 0 amide bonds. The Morgan fingerprint density at radius 3 is 2.54 bits per heavy atom. The highest BCUT2D eigenvalue weighted by Crippen LogP contribution is 2.29. The van der Waals surface area contributed by atoms with Crippen LogP contribution in [0.1, 0.15) is 12.8 Å². The molecule has 1 atom stereocenters. The van der Waals surface area contributed by atoms with Crippen LogP contribution >= 0.6 is 0 Å². The van der Waals surface area contributed by atoms with Gasteiger partial charge in [-0.2, -0.15) is 0 Å². The molecule has 24 heavy (non-hydrogen) atoms. The average molecular weight is 323 g/mol. The molecule has 2 rings (SSSR count). The van der Waals surface area contributed by atoms with Crippen LogP contribution in [0.15, 0.2) is 54.6 Å². The molecule has 0 radical (unpaired) electrons. The molecule has 124 valence electrons. The van der Waals surface area contributed by atoms with E-state index in [1.165, 1.54) is 12.2 Å². The number of likely N-dealkylation sites (N-methyl/N-ethyl adjacent to an activating group) is 1. The summed E-state index contributed by atoms with van der Waals surface area (Å²) in [7, 11) is 1.89. The summed E-state index contributed by atoms with van der Waals surface area (Å²) in [5.41, 5.74) is 0.0274. The van der Waals surface area contributed by atoms with Gasteiger partial charge in [0.05, 0.1) is 6.61 Å². The molecule has 1 unspecified atom stereocenters. The van der Waals surface area contributed by atoms with Crippen molar-refractivity contribution in [3.8, 4) is 12.3 Å². The number of allylic oxidation sites excluding steroid dienone is 2. The van der Waals surface area contributed by atoms with Crippen molar-refractivity contribution in [2.45, 2.75) is 18.6 Å². The van der Waals surface area contributed by atoms with Crippen LogP contribution in [-0.4, -0.2) is 31.4 Å². The smallest absolute Gasteiger partial charge is 0.180 e. The number of nitrogens with zero attached hydrogens (tertiary/aromatic N) is 1. The number of anilines is 1. The summed E-state index contributed by atoms with van der Waals surface area (Å²) >= 11 is 0. The molecular formula is C20H21NO3. The van der Waals surface area contributed by atoms with Gasteiger partial charge in [-0.1, -0.05) is 18.2 Å². The average Bonchev–Trinajstić information content (AvgIpc) is 2.64. The first kappa shape index (κ1) is 17.7. The van der Waals surface area contributed by atoms with Gasteiger partial charge in [0.15, 0.2) is 11.5 Å². The van der Waals surface area contributed by atoms with Crippen LogP contribution in [0.2, 0.25) is 0 Å². The number of carbonyl (C=O) groups excluding carboxylic acids is 2. The fourth-order valence-corrected chi connectivity index (χ4v) is 2.48. The zero-order chi connectivity index (χ0) is 17.4. The third-order valence-corrected chi connectivity index (χ3v) is 4.02. The van der Waals surface area contributed by atoms with Crippen molar-refractivity contribution in [2.24, 2.45) is 5.92 Å². The first-order chi connectivity index (χ1) is 11.6. The minimum Gasteiger partial charge on any atom is -0.348 e. The third-order valence-electron chi connectivity index (χ3n) is 4.02. The maximum absolute atomic E-state index is 11.5. The summed E-state index contributed by atoms with van der Waals surface area (Å²) in [6.07, 6.45) is 13.6. The summed E-state index contributed by atoms with van der Waals surface area (Å²) in [6.45, 7) is 0.227. The Hall–Kier alpha value is -2.64. The van der Waals surface area contributed by atoms with Crippen molar-refractivity contribution >= 4 is 17.8 Å². The van der Waals surface area contributed by atoms with E-state index in [4.69, 9.17) is 11.2 Å². The highest BCUT2D eigenvalue weighted by atomic mass is 16.5. The lowest BCUT2D eigenvalue weighted by Gasteiger charge is -2.40. The SMILES string of the molecule is C#CCCC(C=O)COC1(N(C)c2ccccc2)C=CC(=O)C=C1. The maximum atomic E-state index is 11.5. The largest absolute Gasteiger partial charge is 0.348 e. The quantitative estimate of drug-likeness (QED) is 0.419. The van der Waals surface area contributed by atoms with Gasteiger partial charge in [-0.25, -0.2) is 0 Å². The van der Waals surface area contributed by atoms with Gasteiger partial charge in [0.25, 0.3) is 0 Å². The van der Waals surface area contributed by atoms with E-state index in [-0.39, 0.29) is 18.3 Å². The number of terminal acetylenes is 1. The van der Waals surface area contributed by atoms with Crippen LogP contribution in [-0.2, 0) is 14.3 Å². The fourth-order valence-electron chi connectivity index (χ4n) is 2.48. The predicted molar refractivity (Wildman–Crippen MR) is 94.4 cm³/mol. The van der Waals surface area contributed by atoms with E-state index in [2.05, 4.69) is 5.92 Å². The number of rotatable bonds is 8. The molecule has 0 spiro atoms. The van der Waals surface area contributed by atoms with E-state index in [1.54, 1.807) is 12.2 Å². The van der Waals surface area contributed by atoms with Gasteiger partial charge in [0.2, 0.25) is 0 Å². The molecule has 1 aliphatic carbocycles. The predicted octanol–water partition coefficient (Wildman–Crippen LogP) is 2.76. The lowest BCUT2D eigenvalue weighted by atomic mass is 10.0. The highest BCUT2D eigenvalue weighted by molar-refractivity contribution is 6.00. The lowest BCUT2D eigenvalue weighted by Crippen LogP contribution is -2.48. The van der Waals surface area contributed by atoms with Gasteiger partial charge < -0.3 is 14.4 Å². The molecule has 0 aliphatic heterocycles. The van der Waals surface area contributed by atoms with Crippen LogP contribution in [0.4, 0.5) is 5.69 Å². The zero-order valence-corrected chi connectivity index (χ0v) is 13.7. The molecular weight excluding hydrogens is 302 g/mol. The fraction of sp³-hybridized carbons (Fsp3) is 0.300. The van der Waals surface area contributed by atoms with Crippen LogP contribution in [0.3, 0.4) is 0 Å². The molecule has 4 heteroatoms. The van der Waals surface area contributed by atoms with Crippen molar-refractivity contribution < 1.29 is 14.3 Å². The summed E-state index contributed by atoms with van der Waals surface area (Å²) in [5.74, 6) is 2.17. The second kappa shape index (κ2) is 8.28. The summed E-state index contributed by atoms with van der Waals surface area (Å²) in [6, 6.07) is 9.71. The van der Waals surface area contributed by atoms with E-state index in [0.29, 0.717) is 12.8 Å². The molecule has 0 aromatic heterocycles. The molecule has 0 fully saturated rings. The molecule has 4 nitrogen and oxygen atoms in total. The van der Waals surface area contributed by atoms with Crippen molar-refractivity contribution in [3.05, 3.63) is 54.6 Å². The molecule has 0 N–H and O–H groups in total. The molecule has 1 aromatic rings. The Morgan fingerprint density at radius 2 is 1.96 bits per heavy atom. The number of para-hydroxylation sites is 1. The Morgan fingerprint density at radius 1 is 1.29 bits per heavy atom. The molecule has 1 aromatic carbocycles. The Labute approximate surface area is 142 Å². The summed E-state index contributed by atoms with van der Waals surface area (Å²) in [5, 5.41) is 0. The monoisotopic (exact) mass is 323 g/mol. The lowest BCUT2D eigenvalue weighted by molar-refractivity contribution is -0.115. The van der Waals surface area contributed by atoms with Crippen LogP contribution in [0.5, 0.6) is 0 Å². The minimum absolute atomic E-state index is 0.0880. The van der Waals surface area contributed by atoms with E-state index in [0.717, 1.165) is 12.0 Å². The molecule has 0 bridgehead atoms. The van der Waals surface area contributed by atoms with Crippen molar-refractivity contribution in [1.82, 2.24) is 0 Å². The van der Waals surface area contributed by atoms with Crippen molar-refractivity contribution in [3.63, 3.8) is 0 Å². The number of benzene rings is 1. The van der Waals surface area contributed by atoms with Gasteiger partial charge in [0.1, 0.15) is 6.29 Å². The normalized spacial score (nSPS) is 16.4. The first-order valence-corrected chi connectivity index (χ1v) is 7.85. The van der Waals surface area contributed by atoms with Crippen LogP contribution in [0.25, 0.3) is 0 Å². The van der Waals surface area contributed by atoms with Crippen molar-refractivity contribution in [2.75, 3.05) is 18.6 Å². The first-order valence-electron chi connectivity index (χ1n) is 7.85. The standard InChI is InChI=1S/C20H21NO3/c1-3-4-8-17(15-22)16-24-20(13-11-19(23)12-14-20)21(2)18-9-6-5-7-10-18/h1,5-7,9-15,17H,4,8,16H2,2H3. The molecule has 1 aliphatic rings. The number of ketones is 1. The van der Waals surface area contributed by atoms with Crippen LogP contribution in [0, 0.1) is 18.3 Å². The van der Waals surface area contributed by atoms with Crippen LogP contribution < -0.4 is 4.90 Å². The maximum Gasteiger partial charge on any atom is 0.180 e. The number of ether oxygens (including phenoxy) is 1. The van der Waals surface area contributed by atoms with E-state index < -0.39 is 5.72 Å². The topological polar surface area (TPSA) is 46.6 Å². The molecule has 0 saturated carbocycles. The molecule has 0 heterocycles. The minimum atomic E-state index is -0.910. The Kier molecular flexibility index (Phi) is 6.11. The van der Waals surface area contributed by atoms with Gasteiger partial charge in [-0.3, -0.25) is 4.79 Å². The second-order valence-corrected chi connectivity index (χ2v) is 5.67.